The summed E-state index contributed by atoms with van der Waals surface area (Å²) in [6.45, 7) is 0.865. The third-order valence-electron chi connectivity index (χ3n) is 2.86. The van der Waals surface area contributed by atoms with Gasteiger partial charge >= 0.3 is 5.97 Å². The average Bonchev–Trinajstić information content (AvgIpc) is 2.96. The van der Waals surface area contributed by atoms with Gasteiger partial charge in [0.25, 0.3) is 5.91 Å². The lowest BCUT2D eigenvalue weighted by Gasteiger charge is -2.08. The second-order valence-corrected chi connectivity index (χ2v) is 5.11. The Labute approximate surface area is 126 Å². The molecule has 2 rings (SSSR count). The average molecular weight is 305 g/mol. The number of carboxylic acids is 1. The summed E-state index contributed by atoms with van der Waals surface area (Å²) in [5.41, 5.74) is 0.635. The summed E-state index contributed by atoms with van der Waals surface area (Å²) >= 11 is 1.52. The number of amides is 1. The molecule has 6 nitrogen and oxygen atoms in total. The molecule has 0 aliphatic rings. The minimum Gasteiger partial charge on any atom is -0.476 e. The molecule has 0 atom stereocenters. The molecular formula is C14H15N3O3S. The van der Waals surface area contributed by atoms with Gasteiger partial charge in [0.2, 0.25) is 0 Å². The first kappa shape index (κ1) is 15.1. The maximum atomic E-state index is 12.1. The Kier molecular flexibility index (Phi) is 4.99. The number of carbonyl (C=O) groups is 2. The number of aromatic carboxylic acids is 1. The highest BCUT2D eigenvalue weighted by Crippen LogP contribution is 2.19. The standard InChI is InChI=1S/C14H15N3O3S/c1-21-12-5-3-2-4-10(12)13(18)15-6-7-17-8-11(14(19)20)16-9-17/h2-5,8-9H,6-7H2,1H3,(H,15,18)(H,19,20). The largest absolute Gasteiger partial charge is 0.476 e. The maximum Gasteiger partial charge on any atom is 0.356 e. The number of aromatic nitrogens is 2. The monoisotopic (exact) mass is 305 g/mol. The van der Waals surface area contributed by atoms with Crippen molar-refractivity contribution < 1.29 is 14.7 Å². The van der Waals surface area contributed by atoms with E-state index in [1.54, 1.807) is 10.6 Å². The van der Waals surface area contributed by atoms with Crippen molar-refractivity contribution in [1.82, 2.24) is 14.9 Å². The molecule has 1 amide bonds. The van der Waals surface area contributed by atoms with E-state index >= 15 is 0 Å². The molecule has 0 saturated heterocycles. The van der Waals surface area contributed by atoms with Crippen LogP contribution in [0.25, 0.3) is 0 Å². The zero-order valence-electron chi connectivity index (χ0n) is 11.4. The summed E-state index contributed by atoms with van der Waals surface area (Å²) in [5.74, 6) is -1.20. The van der Waals surface area contributed by atoms with Crippen LogP contribution in [0.3, 0.4) is 0 Å². The van der Waals surface area contributed by atoms with E-state index < -0.39 is 5.97 Å². The summed E-state index contributed by atoms with van der Waals surface area (Å²) in [5, 5.41) is 11.6. The van der Waals surface area contributed by atoms with E-state index in [0.717, 1.165) is 4.90 Å². The van der Waals surface area contributed by atoms with Crippen LogP contribution in [0.2, 0.25) is 0 Å². The second kappa shape index (κ2) is 6.94. The molecule has 0 radical (unpaired) electrons. The van der Waals surface area contributed by atoms with E-state index in [9.17, 15) is 9.59 Å². The van der Waals surface area contributed by atoms with Crippen molar-refractivity contribution >= 4 is 23.6 Å². The quantitative estimate of drug-likeness (QED) is 0.794. The molecule has 1 aromatic heterocycles. The third kappa shape index (κ3) is 3.85. The SMILES string of the molecule is CSc1ccccc1C(=O)NCCn1cnc(C(=O)O)c1. The molecule has 0 aliphatic heterocycles. The molecule has 0 fully saturated rings. The molecule has 2 aromatic rings. The highest BCUT2D eigenvalue weighted by molar-refractivity contribution is 7.98. The van der Waals surface area contributed by atoms with Gasteiger partial charge in [-0.3, -0.25) is 4.79 Å². The molecule has 1 heterocycles. The van der Waals surface area contributed by atoms with Crippen molar-refractivity contribution in [2.24, 2.45) is 0 Å². The number of hydrogen-bond acceptors (Lipinski definition) is 4. The van der Waals surface area contributed by atoms with Gasteiger partial charge in [-0.25, -0.2) is 9.78 Å². The molecule has 1 aromatic carbocycles. The molecular weight excluding hydrogens is 290 g/mol. The van der Waals surface area contributed by atoms with Crippen molar-refractivity contribution in [3.63, 3.8) is 0 Å². The Morgan fingerprint density at radius 2 is 2.14 bits per heavy atom. The van der Waals surface area contributed by atoms with Crippen molar-refractivity contribution in [2.45, 2.75) is 11.4 Å². The van der Waals surface area contributed by atoms with E-state index in [1.165, 1.54) is 24.3 Å². The normalized spacial score (nSPS) is 10.3. The van der Waals surface area contributed by atoms with Crippen LogP contribution in [0.1, 0.15) is 20.8 Å². The second-order valence-electron chi connectivity index (χ2n) is 4.26. The molecule has 2 N–H and O–H groups in total. The maximum absolute atomic E-state index is 12.1. The van der Waals surface area contributed by atoms with Gasteiger partial charge in [-0.1, -0.05) is 12.1 Å². The van der Waals surface area contributed by atoms with Crippen LogP contribution in [-0.2, 0) is 6.54 Å². The molecule has 0 unspecified atom stereocenters. The first-order valence-electron chi connectivity index (χ1n) is 6.28. The Hall–Kier alpha value is -2.28. The topological polar surface area (TPSA) is 84.2 Å². The predicted octanol–water partition coefficient (Wildman–Crippen LogP) is 1.73. The Bertz CT molecular complexity index is 654. The van der Waals surface area contributed by atoms with Gasteiger partial charge in [-0.2, -0.15) is 0 Å². The summed E-state index contributed by atoms with van der Waals surface area (Å²) in [6.07, 6.45) is 4.79. The summed E-state index contributed by atoms with van der Waals surface area (Å²) in [7, 11) is 0. The van der Waals surface area contributed by atoms with E-state index in [-0.39, 0.29) is 11.6 Å². The number of benzene rings is 1. The zero-order valence-corrected chi connectivity index (χ0v) is 12.3. The lowest BCUT2D eigenvalue weighted by Crippen LogP contribution is -2.27. The first-order valence-corrected chi connectivity index (χ1v) is 7.50. The van der Waals surface area contributed by atoms with Gasteiger partial charge < -0.3 is 15.0 Å². The van der Waals surface area contributed by atoms with Gasteiger partial charge in [-0.05, 0) is 18.4 Å². The van der Waals surface area contributed by atoms with E-state index in [2.05, 4.69) is 10.3 Å². The molecule has 21 heavy (non-hydrogen) atoms. The number of rotatable bonds is 6. The molecule has 0 spiro atoms. The smallest absolute Gasteiger partial charge is 0.356 e. The van der Waals surface area contributed by atoms with E-state index in [4.69, 9.17) is 5.11 Å². The van der Waals surface area contributed by atoms with Gasteiger partial charge in [0.05, 0.1) is 11.9 Å². The number of imidazole rings is 1. The zero-order chi connectivity index (χ0) is 15.2. The molecule has 110 valence electrons. The molecule has 0 bridgehead atoms. The highest BCUT2D eigenvalue weighted by atomic mass is 32.2. The van der Waals surface area contributed by atoms with Crippen molar-refractivity contribution in [3.8, 4) is 0 Å². The van der Waals surface area contributed by atoms with E-state index in [0.29, 0.717) is 18.7 Å². The van der Waals surface area contributed by atoms with Gasteiger partial charge in [0.15, 0.2) is 5.69 Å². The lowest BCUT2D eigenvalue weighted by molar-refractivity contribution is 0.0690. The van der Waals surface area contributed by atoms with Crippen LogP contribution in [0.5, 0.6) is 0 Å². The fourth-order valence-electron chi connectivity index (χ4n) is 1.82. The predicted molar refractivity (Wildman–Crippen MR) is 79.7 cm³/mol. The Balaban J connectivity index is 1.90. The fourth-order valence-corrected chi connectivity index (χ4v) is 2.41. The third-order valence-corrected chi connectivity index (χ3v) is 3.66. The number of thioether (sulfide) groups is 1. The van der Waals surface area contributed by atoms with Crippen molar-refractivity contribution in [1.29, 1.82) is 0 Å². The van der Waals surface area contributed by atoms with Crippen molar-refractivity contribution in [3.05, 3.63) is 48.0 Å². The van der Waals surface area contributed by atoms with Crippen LogP contribution >= 0.6 is 11.8 Å². The van der Waals surface area contributed by atoms with Crippen molar-refractivity contribution in [2.75, 3.05) is 12.8 Å². The van der Waals surface area contributed by atoms with Gasteiger partial charge in [0, 0.05) is 24.2 Å². The van der Waals surface area contributed by atoms with Crippen LogP contribution in [0.15, 0.2) is 41.7 Å². The van der Waals surface area contributed by atoms with Crippen LogP contribution < -0.4 is 5.32 Å². The first-order chi connectivity index (χ1) is 10.1. The van der Waals surface area contributed by atoms with Crippen LogP contribution in [0.4, 0.5) is 0 Å². The summed E-state index contributed by atoms with van der Waals surface area (Å²) < 4.78 is 1.63. The molecule has 0 aliphatic carbocycles. The highest BCUT2D eigenvalue weighted by Gasteiger charge is 2.10. The minimum absolute atomic E-state index is 0.00550. The van der Waals surface area contributed by atoms with Gasteiger partial charge in [-0.15, -0.1) is 11.8 Å². The molecule has 7 heteroatoms. The number of hydrogen-bond donors (Lipinski definition) is 2. The number of carboxylic acid groups (broad SMARTS) is 1. The Morgan fingerprint density at radius 3 is 2.81 bits per heavy atom. The van der Waals surface area contributed by atoms with Crippen LogP contribution in [-0.4, -0.2) is 39.3 Å². The summed E-state index contributed by atoms with van der Waals surface area (Å²) in [4.78, 5) is 27.5. The Morgan fingerprint density at radius 1 is 1.38 bits per heavy atom. The number of nitrogens with one attached hydrogen (secondary N) is 1. The minimum atomic E-state index is -1.06. The van der Waals surface area contributed by atoms with Crippen LogP contribution in [0, 0.1) is 0 Å². The lowest BCUT2D eigenvalue weighted by atomic mass is 10.2. The number of carbonyl (C=O) groups excluding carboxylic acids is 1. The van der Waals surface area contributed by atoms with E-state index in [1.807, 2.05) is 24.5 Å². The molecule has 0 saturated carbocycles. The van der Waals surface area contributed by atoms with Gasteiger partial charge in [0.1, 0.15) is 0 Å². The number of nitrogens with zero attached hydrogens (tertiary/aromatic N) is 2. The fraction of sp³-hybridized carbons (Fsp3) is 0.214. The summed E-state index contributed by atoms with van der Waals surface area (Å²) in [6, 6.07) is 7.39.